The number of nitrogens with zero attached hydrogens (tertiary/aromatic N) is 4. The molecule has 8 nitrogen and oxygen atoms in total. The molecule has 2 N–H and O–H groups in total. The second-order valence-corrected chi connectivity index (χ2v) is 9.14. The van der Waals surface area contributed by atoms with Crippen LogP contribution in [0.3, 0.4) is 0 Å². The fraction of sp³-hybridized carbons (Fsp3) is 0.524. The standard InChI is InChI=1S/C21H30N6O2/c1-20(2)11-16(12-21(3,4)25-20)24-18-17(27(28)29)19(23-14-22-18)26(5)13-15-9-7-6-8-10-15/h6-10,14,16,25H,11-13H2,1-5H3,(H,22,23,24). The zero-order chi connectivity index (χ0) is 21.2. The lowest BCUT2D eigenvalue weighted by atomic mass is 9.79. The van der Waals surface area contributed by atoms with Gasteiger partial charge in [-0.15, -0.1) is 0 Å². The third kappa shape index (κ3) is 5.20. The molecule has 0 aliphatic carbocycles. The van der Waals surface area contributed by atoms with Crippen LogP contribution in [0.2, 0.25) is 0 Å². The fourth-order valence-electron chi connectivity index (χ4n) is 4.47. The van der Waals surface area contributed by atoms with Crippen molar-refractivity contribution < 1.29 is 4.92 Å². The summed E-state index contributed by atoms with van der Waals surface area (Å²) in [6, 6.07) is 9.89. The molecule has 1 fully saturated rings. The highest BCUT2D eigenvalue weighted by Gasteiger charge is 2.39. The van der Waals surface area contributed by atoms with Gasteiger partial charge in [-0.1, -0.05) is 30.3 Å². The van der Waals surface area contributed by atoms with Crippen molar-refractivity contribution in [3.05, 3.63) is 52.3 Å². The minimum atomic E-state index is -0.392. The van der Waals surface area contributed by atoms with E-state index in [0.29, 0.717) is 12.4 Å². The predicted molar refractivity (Wildman–Crippen MR) is 115 cm³/mol. The lowest BCUT2D eigenvalue weighted by Gasteiger charge is -2.46. The van der Waals surface area contributed by atoms with Gasteiger partial charge >= 0.3 is 5.69 Å². The van der Waals surface area contributed by atoms with Crippen LogP contribution in [0.1, 0.15) is 46.1 Å². The monoisotopic (exact) mass is 398 g/mol. The van der Waals surface area contributed by atoms with Gasteiger partial charge in [0.2, 0.25) is 11.6 Å². The normalized spacial score (nSPS) is 18.2. The average Bonchev–Trinajstić information content (AvgIpc) is 2.59. The largest absolute Gasteiger partial charge is 0.361 e. The van der Waals surface area contributed by atoms with E-state index in [0.717, 1.165) is 18.4 Å². The Morgan fingerprint density at radius 3 is 2.38 bits per heavy atom. The van der Waals surface area contributed by atoms with Crippen molar-refractivity contribution in [2.45, 2.75) is 64.2 Å². The lowest BCUT2D eigenvalue weighted by molar-refractivity contribution is -0.383. The first-order valence-corrected chi connectivity index (χ1v) is 9.87. The van der Waals surface area contributed by atoms with Gasteiger partial charge in [-0.25, -0.2) is 9.97 Å². The fourth-order valence-corrected chi connectivity index (χ4v) is 4.47. The van der Waals surface area contributed by atoms with Crippen LogP contribution in [0.5, 0.6) is 0 Å². The van der Waals surface area contributed by atoms with Crippen molar-refractivity contribution in [2.75, 3.05) is 17.3 Å². The van der Waals surface area contributed by atoms with Gasteiger partial charge in [0.05, 0.1) is 4.92 Å². The van der Waals surface area contributed by atoms with E-state index >= 15 is 0 Å². The van der Waals surface area contributed by atoms with Crippen LogP contribution < -0.4 is 15.5 Å². The van der Waals surface area contributed by atoms with Gasteiger partial charge in [0, 0.05) is 30.7 Å². The van der Waals surface area contributed by atoms with E-state index in [1.54, 1.807) is 4.90 Å². The number of aromatic nitrogens is 2. The number of hydrogen-bond acceptors (Lipinski definition) is 7. The van der Waals surface area contributed by atoms with Crippen LogP contribution in [0, 0.1) is 10.1 Å². The predicted octanol–water partition coefficient (Wildman–Crippen LogP) is 3.74. The molecule has 1 saturated heterocycles. The quantitative estimate of drug-likeness (QED) is 0.565. The number of benzene rings is 1. The molecule has 1 aromatic heterocycles. The summed E-state index contributed by atoms with van der Waals surface area (Å²) in [6.07, 6.45) is 3.07. The van der Waals surface area contributed by atoms with E-state index in [4.69, 9.17) is 0 Å². The van der Waals surface area contributed by atoms with Crippen LogP contribution in [-0.4, -0.2) is 39.1 Å². The van der Waals surface area contributed by atoms with E-state index < -0.39 is 4.92 Å². The second kappa shape index (κ2) is 7.94. The van der Waals surface area contributed by atoms with Gasteiger partial charge in [-0.2, -0.15) is 0 Å². The Morgan fingerprint density at radius 2 is 1.79 bits per heavy atom. The maximum Gasteiger partial charge on any atom is 0.353 e. The Bertz CT molecular complexity index is 853. The molecule has 1 aromatic carbocycles. The maximum absolute atomic E-state index is 11.9. The molecule has 0 amide bonds. The van der Waals surface area contributed by atoms with Crippen LogP contribution in [0.25, 0.3) is 0 Å². The van der Waals surface area contributed by atoms with Gasteiger partial charge in [0.1, 0.15) is 6.33 Å². The number of rotatable bonds is 6. The number of nitro groups is 1. The van der Waals surface area contributed by atoms with Crippen LogP contribution >= 0.6 is 0 Å². The number of anilines is 2. The summed E-state index contributed by atoms with van der Waals surface area (Å²) in [5, 5.41) is 18.9. The van der Waals surface area contributed by atoms with Crippen molar-refractivity contribution in [2.24, 2.45) is 0 Å². The minimum Gasteiger partial charge on any atom is -0.361 e. The molecular weight excluding hydrogens is 368 g/mol. The summed E-state index contributed by atoms with van der Waals surface area (Å²) >= 11 is 0. The van der Waals surface area contributed by atoms with Crippen molar-refractivity contribution in [3.63, 3.8) is 0 Å². The third-order valence-electron chi connectivity index (χ3n) is 5.14. The molecule has 2 aromatic rings. The highest BCUT2D eigenvalue weighted by Crippen LogP contribution is 2.35. The molecule has 156 valence electrons. The Morgan fingerprint density at radius 1 is 1.17 bits per heavy atom. The van der Waals surface area contributed by atoms with E-state index in [1.807, 2.05) is 37.4 Å². The Hall–Kier alpha value is -2.74. The first kappa shape index (κ1) is 21.0. The lowest BCUT2D eigenvalue weighted by Crippen LogP contribution is -2.60. The molecule has 0 bridgehead atoms. The molecule has 0 radical (unpaired) electrons. The van der Waals surface area contributed by atoms with E-state index in [-0.39, 0.29) is 28.6 Å². The van der Waals surface area contributed by atoms with Crippen molar-refractivity contribution in [1.82, 2.24) is 15.3 Å². The summed E-state index contributed by atoms with van der Waals surface area (Å²) in [4.78, 5) is 21.8. The average molecular weight is 399 g/mol. The van der Waals surface area contributed by atoms with Crippen molar-refractivity contribution in [1.29, 1.82) is 0 Å². The van der Waals surface area contributed by atoms with E-state index in [2.05, 4.69) is 48.3 Å². The molecule has 0 saturated carbocycles. The second-order valence-electron chi connectivity index (χ2n) is 9.14. The maximum atomic E-state index is 11.9. The molecule has 29 heavy (non-hydrogen) atoms. The number of piperidine rings is 1. The van der Waals surface area contributed by atoms with Crippen molar-refractivity contribution in [3.8, 4) is 0 Å². The van der Waals surface area contributed by atoms with Gasteiger partial charge in [0.25, 0.3) is 0 Å². The zero-order valence-electron chi connectivity index (χ0n) is 17.8. The summed E-state index contributed by atoms with van der Waals surface area (Å²) in [5.41, 5.74) is 0.821. The summed E-state index contributed by atoms with van der Waals surface area (Å²) in [5.74, 6) is 0.585. The first-order valence-electron chi connectivity index (χ1n) is 9.87. The van der Waals surface area contributed by atoms with Gasteiger partial charge < -0.3 is 15.5 Å². The minimum absolute atomic E-state index is 0.0714. The van der Waals surface area contributed by atoms with Crippen molar-refractivity contribution >= 4 is 17.3 Å². The molecule has 1 aliphatic heterocycles. The molecule has 8 heteroatoms. The first-order chi connectivity index (χ1) is 13.6. The number of hydrogen-bond donors (Lipinski definition) is 2. The highest BCUT2D eigenvalue weighted by molar-refractivity contribution is 5.70. The summed E-state index contributed by atoms with van der Waals surface area (Å²) < 4.78 is 0. The Kier molecular flexibility index (Phi) is 5.75. The Balaban J connectivity index is 1.88. The van der Waals surface area contributed by atoms with E-state index in [1.165, 1.54) is 6.33 Å². The highest BCUT2D eigenvalue weighted by atomic mass is 16.6. The molecule has 2 heterocycles. The molecule has 0 unspecified atom stereocenters. The van der Waals surface area contributed by atoms with E-state index in [9.17, 15) is 10.1 Å². The summed E-state index contributed by atoms with van der Waals surface area (Å²) in [7, 11) is 1.81. The smallest absolute Gasteiger partial charge is 0.353 e. The van der Waals surface area contributed by atoms with Gasteiger partial charge in [0.15, 0.2) is 0 Å². The Labute approximate surface area is 171 Å². The van der Waals surface area contributed by atoms with Crippen LogP contribution in [0.4, 0.5) is 17.3 Å². The number of nitrogens with one attached hydrogen (secondary N) is 2. The molecule has 1 aliphatic rings. The third-order valence-corrected chi connectivity index (χ3v) is 5.14. The molecule has 0 spiro atoms. The van der Waals surface area contributed by atoms with Gasteiger partial charge in [-0.05, 0) is 46.1 Å². The van der Waals surface area contributed by atoms with Crippen LogP contribution in [0.15, 0.2) is 36.7 Å². The molecule has 0 atom stereocenters. The SMILES string of the molecule is CN(Cc1ccccc1)c1ncnc(NC2CC(C)(C)NC(C)(C)C2)c1[N+](=O)[O-]. The topological polar surface area (TPSA) is 96.2 Å². The summed E-state index contributed by atoms with van der Waals surface area (Å²) in [6.45, 7) is 9.11. The molecular formula is C21H30N6O2. The van der Waals surface area contributed by atoms with Crippen LogP contribution in [-0.2, 0) is 6.54 Å². The molecule has 3 rings (SSSR count). The zero-order valence-corrected chi connectivity index (χ0v) is 17.8. The van der Waals surface area contributed by atoms with Gasteiger partial charge in [-0.3, -0.25) is 10.1 Å².